The Hall–Kier alpha value is -1.10. The topological polar surface area (TPSA) is 42.4 Å². The Morgan fingerprint density at radius 1 is 1.50 bits per heavy atom. The molecular formula is C15H21BrN2O2. The van der Waals surface area contributed by atoms with Crippen LogP contribution in [0, 0.1) is 5.92 Å². The first-order chi connectivity index (χ1) is 9.63. The van der Waals surface area contributed by atoms with Gasteiger partial charge in [0.2, 0.25) is 5.91 Å². The maximum atomic E-state index is 12.3. The molecule has 20 heavy (non-hydrogen) atoms. The Balaban J connectivity index is 1.91. The van der Waals surface area contributed by atoms with E-state index in [0.29, 0.717) is 6.54 Å². The molecule has 0 aromatic carbocycles. The largest absolute Gasteiger partial charge is 0.487 e. The standard InChI is InChI=1S/C15H21BrN2O2/c1-3-11(4-2)15(19)18-6-5-13(10-18)20-14-7-12(16)8-17-9-14/h7-9,11,13H,3-6,10H2,1-2H3/t13-/m0/s1. The quantitative estimate of drug-likeness (QED) is 0.826. The van der Waals surface area contributed by atoms with Crippen molar-refractivity contribution in [2.75, 3.05) is 13.1 Å². The molecule has 1 fully saturated rings. The van der Waals surface area contributed by atoms with Crippen molar-refractivity contribution in [1.29, 1.82) is 0 Å². The number of halogens is 1. The van der Waals surface area contributed by atoms with Gasteiger partial charge in [-0.25, -0.2) is 0 Å². The molecule has 0 saturated carbocycles. The molecule has 0 spiro atoms. The van der Waals surface area contributed by atoms with E-state index in [-0.39, 0.29) is 17.9 Å². The predicted octanol–water partition coefficient (Wildman–Crippen LogP) is 3.26. The van der Waals surface area contributed by atoms with Gasteiger partial charge in [0.1, 0.15) is 11.9 Å². The second-order valence-electron chi connectivity index (χ2n) is 5.17. The molecule has 0 unspecified atom stereocenters. The van der Waals surface area contributed by atoms with E-state index >= 15 is 0 Å². The monoisotopic (exact) mass is 340 g/mol. The van der Waals surface area contributed by atoms with Gasteiger partial charge < -0.3 is 9.64 Å². The Morgan fingerprint density at radius 3 is 2.90 bits per heavy atom. The van der Waals surface area contributed by atoms with Gasteiger partial charge in [0.25, 0.3) is 0 Å². The van der Waals surface area contributed by atoms with E-state index in [1.54, 1.807) is 12.4 Å². The predicted molar refractivity (Wildman–Crippen MR) is 81.6 cm³/mol. The molecule has 1 saturated heterocycles. The van der Waals surface area contributed by atoms with Crippen molar-refractivity contribution in [3.05, 3.63) is 22.9 Å². The van der Waals surface area contributed by atoms with Gasteiger partial charge in [-0.1, -0.05) is 13.8 Å². The van der Waals surface area contributed by atoms with Gasteiger partial charge >= 0.3 is 0 Å². The van der Waals surface area contributed by atoms with Gasteiger partial charge in [0.15, 0.2) is 0 Å². The van der Waals surface area contributed by atoms with Crippen LogP contribution < -0.4 is 4.74 Å². The number of pyridine rings is 1. The number of hydrogen-bond acceptors (Lipinski definition) is 3. The van der Waals surface area contributed by atoms with Crippen molar-refractivity contribution in [1.82, 2.24) is 9.88 Å². The summed E-state index contributed by atoms with van der Waals surface area (Å²) >= 11 is 3.38. The maximum Gasteiger partial charge on any atom is 0.225 e. The van der Waals surface area contributed by atoms with E-state index in [2.05, 4.69) is 34.8 Å². The number of rotatable bonds is 5. The summed E-state index contributed by atoms with van der Waals surface area (Å²) in [6, 6.07) is 1.90. The molecule has 2 heterocycles. The Bertz CT molecular complexity index is 463. The zero-order valence-corrected chi connectivity index (χ0v) is 13.6. The minimum Gasteiger partial charge on any atom is -0.487 e. The highest BCUT2D eigenvalue weighted by Crippen LogP contribution is 2.22. The van der Waals surface area contributed by atoms with Crippen LogP contribution in [0.2, 0.25) is 0 Å². The zero-order valence-electron chi connectivity index (χ0n) is 12.0. The zero-order chi connectivity index (χ0) is 14.5. The Labute approximate surface area is 128 Å². The summed E-state index contributed by atoms with van der Waals surface area (Å²) < 4.78 is 6.80. The number of carbonyl (C=O) groups is 1. The molecule has 1 amide bonds. The van der Waals surface area contributed by atoms with E-state index in [0.717, 1.165) is 36.0 Å². The highest BCUT2D eigenvalue weighted by molar-refractivity contribution is 9.10. The van der Waals surface area contributed by atoms with Crippen LogP contribution in [0.15, 0.2) is 22.9 Å². The molecule has 0 N–H and O–H groups in total. The summed E-state index contributed by atoms with van der Waals surface area (Å²) in [7, 11) is 0. The maximum absolute atomic E-state index is 12.3. The summed E-state index contributed by atoms with van der Waals surface area (Å²) in [5.74, 6) is 1.18. The Kier molecular flexibility index (Phi) is 5.40. The highest BCUT2D eigenvalue weighted by Gasteiger charge is 2.30. The minimum absolute atomic E-state index is 0.0735. The molecule has 1 atom stereocenters. The van der Waals surface area contributed by atoms with Gasteiger partial charge in [0.05, 0.1) is 12.7 Å². The first-order valence-electron chi connectivity index (χ1n) is 7.20. The third-order valence-electron chi connectivity index (χ3n) is 3.77. The fourth-order valence-corrected chi connectivity index (χ4v) is 2.91. The summed E-state index contributed by atoms with van der Waals surface area (Å²) in [6.45, 7) is 5.62. The fourth-order valence-electron chi connectivity index (χ4n) is 2.57. The van der Waals surface area contributed by atoms with Crippen molar-refractivity contribution in [2.24, 2.45) is 5.92 Å². The average Bonchev–Trinajstić information content (AvgIpc) is 2.88. The van der Waals surface area contributed by atoms with E-state index in [9.17, 15) is 4.79 Å². The lowest BCUT2D eigenvalue weighted by molar-refractivity contribution is -0.134. The van der Waals surface area contributed by atoms with Gasteiger partial charge in [0, 0.05) is 29.6 Å². The molecule has 110 valence electrons. The number of amides is 1. The van der Waals surface area contributed by atoms with Crippen LogP contribution in [0.5, 0.6) is 5.75 Å². The highest BCUT2D eigenvalue weighted by atomic mass is 79.9. The van der Waals surface area contributed by atoms with E-state index in [4.69, 9.17) is 4.74 Å². The summed E-state index contributed by atoms with van der Waals surface area (Å²) in [5, 5.41) is 0. The van der Waals surface area contributed by atoms with Crippen LogP contribution in [0.25, 0.3) is 0 Å². The number of aromatic nitrogens is 1. The number of ether oxygens (including phenoxy) is 1. The third-order valence-corrected chi connectivity index (χ3v) is 4.21. The number of hydrogen-bond donors (Lipinski definition) is 0. The molecule has 4 nitrogen and oxygen atoms in total. The number of carbonyl (C=O) groups excluding carboxylic acids is 1. The molecule has 0 aliphatic carbocycles. The lowest BCUT2D eigenvalue weighted by atomic mass is 10.0. The molecule has 1 aromatic rings. The lowest BCUT2D eigenvalue weighted by Gasteiger charge is -2.21. The molecule has 2 rings (SSSR count). The summed E-state index contributed by atoms with van der Waals surface area (Å²) in [4.78, 5) is 18.3. The minimum atomic E-state index is 0.0735. The molecular weight excluding hydrogens is 320 g/mol. The van der Waals surface area contributed by atoms with Crippen molar-refractivity contribution in [3.63, 3.8) is 0 Å². The molecule has 1 aliphatic heterocycles. The molecule has 5 heteroatoms. The average molecular weight is 341 g/mol. The van der Waals surface area contributed by atoms with Crippen molar-refractivity contribution in [2.45, 2.75) is 39.2 Å². The van der Waals surface area contributed by atoms with Gasteiger partial charge in [-0.15, -0.1) is 0 Å². The Morgan fingerprint density at radius 2 is 2.25 bits per heavy atom. The van der Waals surface area contributed by atoms with Gasteiger partial charge in [-0.05, 0) is 34.8 Å². The first-order valence-corrected chi connectivity index (χ1v) is 7.99. The molecule has 1 aliphatic rings. The van der Waals surface area contributed by atoms with Crippen LogP contribution in [-0.2, 0) is 4.79 Å². The van der Waals surface area contributed by atoms with Crippen LogP contribution in [0.1, 0.15) is 33.1 Å². The molecule has 0 radical (unpaired) electrons. The molecule has 1 aromatic heterocycles. The summed E-state index contributed by atoms with van der Waals surface area (Å²) in [5.41, 5.74) is 0. The first kappa shape index (κ1) is 15.3. The van der Waals surface area contributed by atoms with Crippen LogP contribution >= 0.6 is 15.9 Å². The van der Waals surface area contributed by atoms with E-state index in [1.165, 1.54) is 0 Å². The summed E-state index contributed by atoms with van der Waals surface area (Å²) in [6.07, 6.45) is 6.21. The van der Waals surface area contributed by atoms with E-state index < -0.39 is 0 Å². The number of likely N-dealkylation sites (tertiary alicyclic amines) is 1. The van der Waals surface area contributed by atoms with Crippen molar-refractivity contribution >= 4 is 21.8 Å². The van der Waals surface area contributed by atoms with Crippen molar-refractivity contribution < 1.29 is 9.53 Å². The number of nitrogens with zero attached hydrogens (tertiary/aromatic N) is 2. The van der Waals surface area contributed by atoms with Crippen LogP contribution in [0.3, 0.4) is 0 Å². The van der Waals surface area contributed by atoms with E-state index in [1.807, 2.05) is 11.0 Å². The third kappa shape index (κ3) is 3.72. The SMILES string of the molecule is CCC(CC)C(=O)N1CC[C@H](Oc2cncc(Br)c2)C1. The second kappa shape index (κ2) is 7.07. The fraction of sp³-hybridized carbons (Fsp3) is 0.600. The second-order valence-corrected chi connectivity index (χ2v) is 6.08. The van der Waals surface area contributed by atoms with Crippen LogP contribution in [0.4, 0.5) is 0 Å². The normalized spacial score (nSPS) is 18.6. The van der Waals surface area contributed by atoms with Gasteiger partial charge in [-0.3, -0.25) is 9.78 Å². The molecule has 0 bridgehead atoms. The lowest BCUT2D eigenvalue weighted by Crippen LogP contribution is -2.35. The van der Waals surface area contributed by atoms with Crippen LogP contribution in [-0.4, -0.2) is 35.0 Å². The van der Waals surface area contributed by atoms with Crippen molar-refractivity contribution in [3.8, 4) is 5.75 Å². The van der Waals surface area contributed by atoms with Gasteiger partial charge in [-0.2, -0.15) is 0 Å². The smallest absolute Gasteiger partial charge is 0.225 e.